The van der Waals surface area contributed by atoms with Crippen LogP contribution in [0.5, 0.6) is 0 Å². The predicted molar refractivity (Wildman–Crippen MR) is 69.8 cm³/mol. The molecular weight excluding hydrogens is 244 g/mol. The minimum absolute atomic E-state index is 0.160. The normalized spacial score (nSPS) is 10.9. The first-order valence-corrected chi connectivity index (χ1v) is 6.26. The SMILES string of the molecule is CCC(CC)n1cc(C(=O)O)c(-c2cnccn2)n1. The number of carboxylic acid groups (broad SMARTS) is 1. The van der Waals surface area contributed by atoms with Crippen LogP contribution in [0.25, 0.3) is 11.4 Å². The molecule has 0 radical (unpaired) electrons. The Morgan fingerprint density at radius 2 is 2.11 bits per heavy atom. The van der Waals surface area contributed by atoms with Crippen LogP contribution in [0.3, 0.4) is 0 Å². The molecule has 1 N–H and O–H groups in total. The molecule has 2 rings (SSSR count). The maximum atomic E-state index is 11.3. The Kier molecular flexibility index (Phi) is 3.89. The van der Waals surface area contributed by atoms with Crippen molar-refractivity contribution in [1.29, 1.82) is 0 Å². The molecule has 2 heterocycles. The molecule has 6 nitrogen and oxygen atoms in total. The van der Waals surface area contributed by atoms with Gasteiger partial charge in [-0.2, -0.15) is 5.10 Å². The molecule has 0 saturated carbocycles. The van der Waals surface area contributed by atoms with Gasteiger partial charge in [0.05, 0.1) is 12.2 Å². The average molecular weight is 260 g/mol. The highest BCUT2D eigenvalue weighted by Gasteiger charge is 2.20. The molecule has 6 heteroatoms. The Labute approximate surface area is 111 Å². The van der Waals surface area contributed by atoms with E-state index in [1.165, 1.54) is 12.4 Å². The summed E-state index contributed by atoms with van der Waals surface area (Å²) in [5.74, 6) is -1.00. The number of carbonyl (C=O) groups is 1. The standard InChI is InChI=1S/C13H16N4O2/c1-3-9(4-2)17-8-10(13(18)19)12(16-17)11-7-14-5-6-15-11/h5-9H,3-4H2,1-2H3,(H,18,19). The zero-order chi connectivity index (χ0) is 13.8. The Hall–Kier alpha value is -2.24. The third-order valence-corrected chi connectivity index (χ3v) is 3.08. The van der Waals surface area contributed by atoms with Crippen LogP contribution in [0.4, 0.5) is 0 Å². The van der Waals surface area contributed by atoms with Gasteiger partial charge in [0.15, 0.2) is 0 Å². The van der Waals surface area contributed by atoms with Gasteiger partial charge in [-0.3, -0.25) is 14.6 Å². The minimum Gasteiger partial charge on any atom is -0.478 e. The summed E-state index contributed by atoms with van der Waals surface area (Å²) in [4.78, 5) is 19.4. The van der Waals surface area contributed by atoms with E-state index < -0.39 is 5.97 Å². The number of nitrogens with zero attached hydrogens (tertiary/aromatic N) is 4. The van der Waals surface area contributed by atoms with Gasteiger partial charge in [0.25, 0.3) is 0 Å². The molecule has 2 aromatic rings. The summed E-state index contributed by atoms with van der Waals surface area (Å²) >= 11 is 0. The zero-order valence-electron chi connectivity index (χ0n) is 10.9. The highest BCUT2D eigenvalue weighted by Crippen LogP contribution is 2.23. The van der Waals surface area contributed by atoms with Crippen LogP contribution in [0, 0.1) is 0 Å². The zero-order valence-corrected chi connectivity index (χ0v) is 10.9. The van der Waals surface area contributed by atoms with Gasteiger partial charge in [-0.25, -0.2) is 4.79 Å². The molecule has 2 aromatic heterocycles. The number of aromatic nitrogens is 4. The summed E-state index contributed by atoms with van der Waals surface area (Å²) in [6.45, 7) is 4.11. The summed E-state index contributed by atoms with van der Waals surface area (Å²) in [5, 5.41) is 13.6. The summed E-state index contributed by atoms with van der Waals surface area (Å²) in [7, 11) is 0. The van der Waals surface area contributed by atoms with E-state index in [0.29, 0.717) is 11.4 Å². The molecule has 0 spiro atoms. The smallest absolute Gasteiger partial charge is 0.339 e. The molecule has 0 aliphatic rings. The van der Waals surface area contributed by atoms with E-state index in [2.05, 4.69) is 28.9 Å². The van der Waals surface area contributed by atoms with Gasteiger partial charge in [-0.05, 0) is 12.8 Å². The molecule has 0 fully saturated rings. The molecule has 0 bridgehead atoms. The summed E-state index contributed by atoms with van der Waals surface area (Å²) < 4.78 is 1.72. The van der Waals surface area contributed by atoms with Crippen LogP contribution >= 0.6 is 0 Å². The van der Waals surface area contributed by atoms with Crippen LogP contribution in [-0.2, 0) is 0 Å². The first-order valence-electron chi connectivity index (χ1n) is 6.26. The number of hydrogen-bond donors (Lipinski definition) is 1. The van der Waals surface area contributed by atoms with Crippen molar-refractivity contribution in [3.63, 3.8) is 0 Å². The van der Waals surface area contributed by atoms with Crippen molar-refractivity contribution in [2.24, 2.45) is 0 Å². The van der Waals surface area contributed by atoms with Gasteiger partial charge >= 0.3 is 5.97 Å². The fourth-order valence-electron chi connectivity index (χ4n) is 2.01. The number of hydrogen-bond acceptors (Lipinski definition) is 4. The summed E-state index contributed by atoms with van der Waals surface area (Å²) in [6, 6.07) is 0.198. The Morgan fingerprint density at radius 3 is 2.63 bits per heavy atom. The molecule has 0 saturated heterocycles. The Bertz CT molecular complexity index is 561. The molecule has 0 aliphatic carbocycles. The van der Waals surface area contributed by atoms with Crippen molar-refractivity contribution in [3.05, 3.63) is 30.4 Å². The molecular formula is C13H16N4O2. The van der Waals surface area contributed by atoms with E-state index in [1.807, 2.05) is 0 Å². The summed E-state index contributed by atoms with van der Waals surface area (Å²) in [6.07, 6.45) is 7.96. The lowest BCUT2D eigenvalue weighted by Gasteiger charge is -2.12. The van der Waals surface area contributed by atoms with E-state index in [9.17, 15) is 9.90 Å². The average Bonchev–Trinajstić information content (AvgIpc) is 2.86. The van der Waals surface area contributed by atoms with Crippen LogP contribution in [0.2, 0.25) is 0 Å². The number of aromatic carboxylic acids is 1. The second-order valence-corrected chi connectivity index (χ2v) is 4.24. The van der Waals surface area contributed by atoms with Gasteiger partial charge in [-0.1, -0.05) is 13.8 Å². The molecule has 0 unspecified atom stereocenters. The first kappa shape index (κ1) is 13.2. The lowest BCUT2D eigenvalue weighted by atomic mass is 10.2. The fraction of sp³-hybridized carbons (Fsp3) is 0.385. The van der Waals surface area contributed by atoms with Crippen molar-refractivity contribution in [1.82, 2.24) is 19.7 Å². The third-order valence-electron chi connectivity index (χ3n) is 3.08. The molecule has 19 heavy (non-hydrogen) atoms. The van der Waals surface area contributed by atoms with E-state index in [0.717, 1.165) is 12.8 Å². The van der Waals surface area contributed by atoms with E-state index >= 15 is 0 Å². The van der Waals surface area contributed by atoms with Gasteiger partial charge < -0.3 is 5.11 Å². The Balaban J connectivity index is 2.51. The Morgan fingerprint density at radius 1 is 1.37 bits per heavy atom. The molecule has 0 aromatic carbocycles. The highest BCUT2D eigenvalue weighted by atomic mass is 16.4. The van der Waals surface area contributed by atoms with Crippen LogP contribution in [0.15, 0.2) is 24.8 Å². The van der Waals surface area contributed by atoms with Crippen molar-refractivity contribution < 1.29 is 9.90 Å². The molecule has 0 atom stereocenters. The van der Waals surface area contributed by atoms with Crippen molar-refractivity contribution in [3.8, 4) is 11.4 Å². The van der Waals surface area contributed by atoms with Gasteiger partial charge in [0, 0.05) is 18.6 Å². The van der Waals surface area contributed by atoms with Crippen molar-refractivity contribution in [2.45, 2.75) is 32.7 Å². The largest absolute Gasteiger partial charge is 0.478 e. The predicted octanol–water partition coefficient (Wildman–Crippen LogP) is 2.40. The minimum atomic E-state index is -1.00. The lowest BCUT2D eigenvalue weighted by Crippen LogP contribution is -2.07. The van der Waals surface area contributed by atoms with Crippen molar-refractivity contribution in [2.75, 3.05) is 0 Å². The van der Waals surface area contributed by atoms with Crippen LogP contribution in [0.1, 0.15) is 43.1 Å². The maximum absolute atomic E-state index is 11.3. The second-order valence-electron chi connectivity index (χ2n) is 4.24. The van der Waals surface area contributed by atoms with Gasteiger partial charge in [0.1, 0.15) is 17.0 Å². The van der Waals surface area contributed by atoms with Gasteiger partial charge in [-0.15, -0.1) is 0 Å². The van der Waals surface area contributed by atoms with Gasteiger partial charge in [0.2, 0.25) is 0 Å². The highest BCUT2D eigenvalue weighted by molar-refractivity contribution is 5.93. The molecule has 0 aliphatic heterocycles. The van der Waals surface area contributed by atoms with E-state index in [-0.39, 0.29) is 11.6 Å². The molecule has 100 valence electrons. The lowest BCUT2D eigenvalue weighted by molar-refractivity contribution is 0.0697. The topological polar surface area (TPSA) is 80.9 Å². The summed E-state index contributed by atoms with van der Waals surface area (Å²) in [5.41, 5.74) is 1.00. The fourth-order valence-corrected chi connectivity index (χ4v) is 2.01. The number of carboxylic acids is 1. The second kappa shape index (κ2) is 5.60. The third kappa shape index (κ3) is 2.62. The quantitative estimate of drug-likeness (QED) is 0.892. The van der Waals surface area contributed by atoms with E-state index in [1.54, 1.807) is 17.1 Å². The monoisotopic (exact) mass is 260 g/mol. The van der Waals surface area contributed by atoms with E-state index in [4.69, 9.17) is 0 Å². The maximum Gasteiger partial charge on any atom is 0.339 e. The van der Waals surface area contributed by atoms with Crippen molar-refractivity contribution >= 4 is 5.97 Å². The first-order chi connectivity index (χ1) is 9.17. The number of rotatable bonds is 5. The molecule has 0 amide bonds. The van der Waals surface area contributed by atoms with Crippen LogP contribution < -0.4 is 0 Å². The van der Waals surface area contributed by atoms with Crippen LogP contribution in [-0.4, -0.2) is 30.8 Å².